The van der Waals surface area contributed by atoms with E-state index in [1.807, 2.05) is 26.0 Å². The van der Waals surface area contributed by atoms with Gasteiger partial charge in [0.1, 0.15) is 18.1 Å². The summed E-state index contributed by atoms with van der Waals surface area (Å²) >= 11 is 0. The fraction of sp³-hybridized carbons (Fsp3) is 0.733. The highest BCUT2D eigenvalue weighted by Crippen LogP contribution is 2.10. The second-order valence-corrected chi connectivity index (χ2v) is 5.17. The molecule has 0 saturated heterocycles. The van der Waals surface area contributed by atoms with Crippen LogP contribution in [-0.2, 0) is 22.6 Å². The monoisotopic (exact) mass is 269 g/mol. The average molecular weight is 269 g/mol. The number of rotatable bonds is 10. The Labute approximate surface area is 116 Å². The quantitative estimate of drug-likeness (QED) is 0.709. The van der Waals surface area contributed by atoms with E-state index in [2.05, 4.69) is 19.2 Å². The van der Waals surface area contributed by atoms with Crippen molar-refractivity contribution in [2.24, 2.45) is 5.92 Å². The van der Waals surface area contributed by atoms with Crippen molar-refractivity contribution < 1.29 is 13.9 Å². The lowest BCUT2D eigenvalue weighted by atomic mass is 10.2. The smallest absolute Gasteiger partial charge is 0.129 e. The Bertz CT molecular complexity index is 336. The van der Waals surface area contributed by atoms with Gasteiger partial charge in [-0.2, -0.15) is 0 Å². The largest absolute Gasteiger partial charge is 0.462 e. The fourth-order valence-electron chi connectivity index (χ4n) is 1.64. The van der Waals surface area contributed by atoms with Crippen molar-refractivity contribution in [1.29, 1.82) is 0 Å². The lowest BCUT2D eigenvalue weighted by molar-refractivity contribution is -0.0173. The minimum Gasteiger partial charge on any atom is -0.462 e. The molecule has 4 nitrogen and oxygen atoms in total. The summed E-state index contributed by atoms with van der Waals surface area (Å²) in [7, 11) is 0. The number of hydrogen-bond acceptors (Lipinski definition) is 4. The predicted octanol–water partition coefficient (Wildman–Crippen LogP) is 2.97. The molecule has 0 fully saturated rings. The molecule has 1 aromatic heterocycles. The van der Waals surface area contributed by atoms with Gasteiger partial charge in [0, 0.05) is 6.61 Å². The molecular weight excluding hydrogens is 242 g/mol. The summed E-state index contributed by atoms with van der Waals surface area (Å²) in [6, 6.07) is 3.97. The molecule has 0 aliphatic carbocycles. The molecule has 0 aliphatic heterocycles. The highest BCUT2D eigenvalue weighted by atomic mass is 16.5. The average Bonchev–Trinajstić information content (AvgIpc) is 2.81. The first-order chi connectivity index (χ1) is 9.11. The molecule has 0 spiro atoms. The van der Waals surface area contributed by atoms with Crippen molar-refractivity contribution in [3.63, 3.8) is 0 Å². The van der Waals surface area contributed by atoms with Crippen molar-refractivity contribution in [1.82, 2.24) is 5.32 Å². The normalized spacial score (nSPS) is 13.1. The molecule has 0 aliphatic rings. The van der Waals surface area contributed by atoms with Crippen molar-refractivity contribution in [2.75, 3.05) is 19.8 Å². The molecule has 110 valence electrons. The molecule has 19 heavy (non-hydrogen) atoms. The Morgan fingerprint density at radius 1 is 1.21 bits per heavy atom. The van der Waals surface area contributed by atoms with Crippen LogP contribution in [-0.4, -0.2) is 25.9 Å². The molecule has 1 rings (SSSR count). The predicted molar refractivity (Wildman–Crippen MR) is 76.0 cm³/mol. The minimum atomic E-state index is 0.0903. The number of nitrogens with one attached hydrogen (secondary N) is 1. The summed E-state index contributed by atoms with van der Waals surface area (Å²) in [6.07, 6.45) is 0.0903. The standard InChI is InChI=1S/C15H27NO3/c1-5-17-10-13(4)18-11-15-7-6-14(19-15)9-16-8-12(2)3/h6-7,12-13,16H,5,8-11H2,1-4H3. The summed E-state index contributed by atoms with van der Waals surface area (Å²) in [5.41, 5.74) is 0. The zero-order valence-corrected chi connectivity index (χ0v) is 12.6. The molecule has 0 saturated carbocycles. The van der Waals surface area contributed by atoms with E-state index < -0.39 is 0 Å². The van der Waals surface area contributed by atoms with Crippen LogP contribution in [0.1, 0.15) is 39.2 Å². The summed E-state index contributed by atoms with van der Waals surface area (Å²) in [4.78, 5) is 0. The third kappa shape index (κ3) is 7.35. The van der Waals surface area contributed by atoms with Crippen LogP contribution < -0.4 is 5.32 Å². The van der Waals surface area contributed by atoms with Gasteiger partial charge in [-0.15, -0.1) is 0 Å². The zero-order chi connectivity index (χ0) is 14.1. The van der Waals surface area contributed by atoms with Gasteiger partial charge in [-0.25, -0.2) is 0 Å². The Morgan fingerprint density at radius 3 is 2.63 bits per heavy atom. The van der Waals surface area contributed by atoms with Gasteiger partial charge in [-0.3, -0.25) is 0 Å². The molecular formula is C15H27NO3. The Hall–Kier alpha value is -0.840. The van der Waals surface area contributed by atoms with Crippen LogP contribution in [0.4, 0.5) is 0 Å². The topological polar surface area (TPSA) is 43.6 Å². The second kappa shape index (κ2) is 9.13. The van der Waals surface area contributed by atoms with Crippen LogP contribution in [0.3, 0.4) is 0 Å². The molecule has 1 aromatic rings. The van der Waals surface area contributed by atoms with Crippen molar-refractivity contribution in [3.8, 4) is 0 Å². The maximum Gasteiger partial charge on any atom is 0.129 e. The van der Waals surface area contributed by atoms with E-state index in [9.17, 15) is 0 Å². The molecule has 1 N–H and O–H groups in total. The number of furan rings is 1. The minimum absolute atomic E-state index is 0.0903. The van der Waals surface area contributed by atoms with Crippen LogP contribution in [0.25, 0.3) is 0 Å². The van der Waals surface area contributed by atoms with Crippen LogP contribution in [0, 0.1) is 5.92 Å². The Balaban J connectivity index is 2.22. The van der Waals surface area contributed by atoms with E-state index in [1.165, 1.54) is 0 Å². The van der Waals surface area contributed by atoms with Crippen LogP contribution in [0.5, 0.6) is 0 Å². The van der Waals surface area contributed by atoms with Gasteiger partial charge in [-0.1, -0.05) is 13.8 Å². The third-order valence-electron chi connectivity index (χ3n) is 2.64. The van der Waals surface area contributed by atoms with Crippen molar-refractivity contribution in [2.45, 2.75) is 47.0 Å². The highest BCUT2D eigenvalue weighted by molar-refractivity contribution is 5.06. The first-order valence-corrected chi connectivity index (χ1v) is 7.09. The number of hydrogen-bond donors (Lipinski definition) is 1. The van der Waals surface area contributed by atoms with E-state index in [0.29, 0.717) is 19.1 Å². The van der Waals surface area contributed by atoms with Crippen LogP contribution in [0.15, 0.2) is 16.5 Å². The lowest BCUT2D eigenvalue weighted by Crippen LogP contribution is -2.18. The van der Waals surface area contributed by atoms with E-state index in [4.69, 9.17) is 13.9 Å². The van der Waals surface area contributed by atoms with Gasteiger partial charge in [0.15, 0.2) is 0 Å². The van der Waals surface area contributed by atoms with E-state index in [-0.39, 0.29) is 6.10 Å². The molecule has 1 heterocycles. The number of ether oxygens (including phenoxy) is 2. The van der Waals surface area contributed by atoms with Crippen molar-refractivity contribution >= 4 is 0 Å². The molecule has 0 radical (unpaired) electrons. The van der Waals surface area contributed by atoms with Gasteiger partial charge in [-0.05, 0) is 38.4 Å². The van der Waals surface area contributed by atoms with E-state index >= 15 is 0 Å². The summed E-state index contributed by atoms with van der Waals surface area (Å²) in [5, 5.41) is 3.35. The molecule has 0 bridgehead atoms. The molecule has 4 heteroatoms. The van der Waals surface area contributed by atoms with E-state index in [0.717, 1.165) is 31.2 Å². The van der Waals surface area contributed by atoms with Gasteiger partial charge in [0.25, 0.3) is 0 Å². The summed E-state index contributed by atoms with van der Waals surface area (Å²) in [5.74, 6) is 2.47. The Kier molecular flexibility index (Phi) is 7.79. The summed E-state index contributed by atoms with van der Waals surface area (Å²) in [6.45, 7) is 12.0. The lowest BCUT2D eigenvalue weighted by Gasteiger charge is -2.11. The molecule has 0 amide bonds. The third-order valence-corrected chi connectivity index (χ3v) is 2.64. The fourth-order valence-corrected chi connectivity index (χ4v) is 1.64. The molecule has 1 unspecified atom stereocenters. The van der Waals surface area contributed by atoms with Gasteiger partial charge in [0.2, 0.25) is 0 Å². The van der Waals surface area contributed by atoms with Gasteiger partial charge in [0.05, 0.1) is 19.3 Å². The van der Waals surface area contributed by atoms with Crippen LogP contribution in [0.2, 0.25) is 0 Å². The van der Waals surface area contributed by atoms with Gasteiger partial charge >= 0.3 is 0 Å². The SMILES string of the molecule is CCOCC(C)OCc1ccc(CNCC(C)C)o1. The van der Waals surface area contributed by atoms with Crippen LogP contribution >= 0.6 is 0 Å². The molecule has 1 atom stereocenters. The molecule has 0 aromatic carbocycles. The Morgan fingerprint density at radius 2 is 1.95 bits per heavy atom. The first-order valence-electron chi connectivity index (χ1n) is 7.09. The summed E-state index contributed by atoms with van der Waals surface area (Å²) < 4.78 is 16.6. The maximum atomic E-state index is 5.69. The van der Waals surface area contributed by atoms with Crippen molar-refractivity contribution in [3.05, 3.63) is 23.7 Å². The highest BCUT2D eigenvalue weighted by Gasteiger charge is 2.06. The first kappa shape index (κ1) is 16.2. The maximum absolute atomic E-state index is 5.69. The van der Waals surface area contributed by atoms with E-state index in [1.54, 1.807) is 0 Å². The second-order valence-electron chi connectivity index (χ2n) is 5.17. The zero-order valence-electron chi connectivity index (χ0n) is 12.6. The van der Waals surface area contributed by atoms with Gasteiger partial charge < -0.3 is 19.2 Å².